The molecule has 3 heterocycles. The maximum Gasteiger partial charge on any atom is 0.277 e. The van der Waals surface area contributed by atoms with Gasteiger partial charge in [-0.05, 0) is 37.6 Å². The number of hydrogen-bond donors (Lipinski definition) is 0. The molecule has 1 aromatic carbocycles. The van der Waals surface area contributed by atoms with Crippen molar-refractivity contribution < 1.29 is 4.42 Å². The number of pyridine rings is 1. The first-order valence-electron chi connectivity index (χ1n) is 7.65. The normalized spacial score (nSPS) is 11.2. The van der Waals surface area contributed by atoms with Crippen LogP contribution in [-0.2, 0) is 5.75 Å². The number of fused-ring (bicyclic) bond motifs is 1. The van der Waals surface area contributed by atoms with Crippen LogP contribution in [0.25, 0.3) is 17.1 Å². The van der Waals surface area contributed by atoms with Gasteiger partial charge in [-0.1, -0.05) is 35.5 Å². The maximum absolute atomic E-state index is 5.79. The molecule has 24 heavy (non-hydrogen) atoms. The Labute approximate surface area is 143 Å². The van der Waals surface area contributed by atoms with E-state index in [0.29, 0.717) is 16.9 Å². The van der Waals surface area contributed by atoms with E-state index in [1.807, 2.05) is 41.1 Å². The number of benzene rings is 1. The zero-order valence-electron chi connectivity index (χ0n) is 13.4. The monoisotopic (exact) mass is 336 g/mol. The van der Waals surface area contributed by atoms with Gasteiger partial charge in [0.15, 0.2) is 0 Å². The third kappa shape index (κ3) is 2.92. The van der Waals surface area contributed by atoms with Gasteiger partial charge in [0.25, 0.3) is 5.22 Å². The summed E-state index contributed by atoms with van der Waals surface area (Å²) in [5.41, 5.74) is 5.26. The van der Waals surface area contributed by atoms with Crippen molar-refractivity contribution in [3.63, 3.8) is 0 Å². The number of nitrogens with zero attached hydrogens (tertiary/aromatic N) is 4. The first kappa shape index (κ1) is 15.0. The fourth-order valence-corrected chi connectivity index (χ4v) is 3.27. The molecule has 0 bridgehead atoms. The highest BCUT2D eigenvalue weighted by Gasteiger charge is 2.12. The summed E-state index contributed by atoms with van der Waals surface area (Å²) >= 11 is 1.50. The lowest BCUT2D eigenvalue weighted by molar-refractivity contribution is 0.465. The molecule has 3 aromatic heterocycles. The number of thioether (sulfide) groups is 1. The molecule has 0 radical (unpaired) electrons. The largest absolute Gasteiger partial charge is 0.411 e. The third-order valence-corrected chi connectivity index (χ3v) is 4.63. The molecule has 0 saturated heterocycles. The first-order valence-corrected chi connectivity index (χ1v) is 8.64. The summed E-state index contributed by atoms with van der Waals surface area (Å²) in [6.07, 6.45) is 4.01. The second kappa shape index (κ2) is 6.13. The highest BCUT2D eigenvalue weighted by Crippen LogP contribution is 2.27. The summed E-state index contributed by atoms with van der Waals surface area (Å²) in [7, 11) is 0. The minimum atomic E-state index is 0.557. The zero-order valence-corrected chi connectivity index (χ0v) is 14.2. The van der Waals surface area contributed by atoms with Crippen molar-refractivity contribution >= 4 is 17.4 Å². The molecule has 5 nitrogen and oxygen atoms in total. The molecule has 4 aromatic rings. The van der Waals surface area contributed by atoms with Gasteiger partial charge in [-0.3, -0.25) is 0 Å². The Morgan fingerprint density at radius 1 is 1.12 bits per heavy atom. The summed E-state index contributed by atoms with van der Waals surface area (Å²) in [6, 6.07) is 12.1. The molecule has 0 fully saturated rings. The van der Waals surface area contributed by atoms with Gasteiger partial charge in [-0.2, -0.15) is 0 Å². The van der Waals surface area contributed by atoms with E-state index in [0.717, 1.165) is 22.5 Å². The van der Waals surface area contributed by atoms with Crippen LogP contribution < -0.4 is 0 Å². The summed E-state index contributed by atoms with van der Waals surface area (Å²) in [5, 5.41) is 8.86. The van der Waals surface area contributed by atoms with Gasteiger partial charge in [-0.15, -0.1) is 10.2 Å². The fraction of sp³-hybridized carbons (Fsp3) is 0.167. The van der Waals surface area contributed by atoms with Gasteiger partial charge < -0.3 is 8.82 Å². The van der Waals surface area contributed by atoms with Crippen LogP contribution >= 0.6 is 11.8 Å². The SMILES string of the molecule is Cc1ccc(-c2nnc(SCc3cn4ccccc4n3)o2)c(C)c1. The van der Waals surface area contributed by atoms with E-state index < -0.39 is 0 Å². The highest BCUT2D eigenvalue weighted by atomic mass is 32.2. The van der Waals surface area contributed by atoms with Gasteiger partial charge in [0.1, 0.15) is 5.65 Å². The van der Waals surface area contributed by atoms with E-state index in [9.17, 15) is 0 Å². The molecule has 120 valence electrons. The average Bonchev–Trinajstić information content (AvgIpc) is 3.19. The van der Waals surface area contributed by atoms with Crippen LogP contribution in [0, 0.1) is 13.8 Å². The lowest BCUT2D eigenvalue weighted by Gasteiger charge is -2.01. The number of hydrogen-bond acceptors (Lipinski definition) is 5. The van der Waals surface area contributed by atoms with Gasteiger partial charge in [0.2, 0.25) is 5.89 Å². The predicted octanol–water partition coefficient (Wildman–Crippen LogP) is 4.29. The third-order valence-electron chi connectivity index (χ3n) is 3.78. The van der Waals surface area contributed by atoms with Crippen LogP contribution in [0.4, 0.5) is 0 Å². The Kier molecular flexibility index (Phi) is 3.82. The second-order valence-electron chi connectivity index (χ2n) is 5.68. The number of rotatable bonds is 4. The van der Waals surface area contributed by atoms with Crippen LogP contribution in [0.3, 0.4) is 0 Å². The molecule has 0 amide bonds. The molecule has 6 heteroatoms. The lowest BCUT2D eigenvalue weighted by atomic mass is 10.1. The van der Waals surface area contributed by atoms with Crippen LogP contribution in [-0.4, -0.2) is 19.6 Å². The van der Waals surface area contributed by atoms with Crippen molar-refractivity contribution in [1.29, 1.82) is 0 Å². The molecule has 0 aliphatic carbocycles. The molecular weight excluding hydrogens is 320 g/mol. The van der Waals surface area contributed by atoms with Crippen LogP contribution in [0.5, 0.6) is 0 Å². The van der Waals surface area contributed by atoms with E-state index in [1.54, 1.807) is 0 Å². The van der Waals surface area contributed by atoms with Gasteiger partial charge in [-0.25, -0.2) is 4.98 Å². The van der Waals surface area contributed by atoms with Crippen molar-refractivity contribution in [1.82, 2.24) is 19.6 Å². The van der Waals surface area contributed by atoms with E-state index in [2.05, 4.69) is 41.2 Å². The van der Waals surface area contributed by atoms with Crippen LogP contribution in [0.2, 0.25) is 0 Å². The Morgan fingerprint density at radius 2 is 2.04 bits per heavy atom. The quantitative estimate of drug-likeness (QED) is 0.520. The number of aryl methyl sites for hydroxylation is 2. The van der Waals surface area contributed by atoms with Crippen LogP contribution in [0.15, 0.2) is 58.4 Å². The summed E-state index contributed by atoms with van der Waals surface area (Å²) < 4.78 is 7.80. The Balaban J connectivity index is 1.50. The van der Waals surface area contributed by atoms with E-state index in [-0.39, 0.29) is 0 Å². The summed E-state index contributed by atoms with van der Waals surface area (Å²) in [4.78, 5) is 4.57. The van der Waals surface area contributed by atoms with E-state index in [1.165, 1.54) is 17.3 Å². The average molecular weight is 336 g/mol. The topological polar surface area (TPSA) is 56.2 Å². The minimum absolute atomic E-state index is 0.557. The Hall–Kier alpha value is -2.60. The fourth-order valence-electron chi connectivity index (χ4n) is 2.62. The minimum Gasteiger partial charge on any atom is -0.411 e. The molecular formula is C18H16N4OS. The van der Waals surface area contributed by atoms with Crippen molar-refractivity contribution in [3.8, 4) is 11.5 Å². The molecule has 0 aliphatic heterocycles. The van der Waals surface area contributed by atoms with Gasteiger partial charge >= 0.3 is 0 Å². The predicted molar refractivity (Wildman–Crippen MR) is 94.0 cm³/mol. The van der Waals surface area contributed by atoms with Gasteiger partial charge in [0, 0.05) is 23.7 Å². The zero-order chi connectivity index (χ0) is 16.5. The number of aromatic nitrogens is 4. The molecule has 0 atom stereocenters. The second-order valence-corrected chi connectivity index (χ2v) is 6.61. The summed E-state index contributed by atoms with van der Waals surface area (Å²) in [5.74, 6) is 1.25. The molecule has 4 rings (SSSR count). The van der Waals surface area contributed by atoms with Crippen molar-refractivity contribution in [3.05, 3.63) is 65.6 Å². The molecule has 0 N–H and O–H groups in total. The summed E-state index contributed by atoms with van der Waals surface area (Å²) in [6.45, 7) is 4.12. The lowest BCUT2D eigenvalue weighted by Crippen LogP contribution is -1.84. The smallest absolute Gasteiger partial charge is 0.277 e. The van der Waals surface area contributed by atoms with E-state index >= 15 is 0 Å². The van der Waals surface area contributed by atoms with Crippen molar-refractivity contribution in [2.45, 2.75) is 24.8 Å². The van der Waals surface area contributed by atoms with Crippen molar-refractivity contribution in [2.24, 2.45) is 0 Å². The Morgan fingerprint density at radius 3 is 2.88 bits per heavy atom. The van der Waals surface area contributed by atoms with Crippen molar-refractivity contribution in [2.75, 3.05) is 0 Å². The Bertz CT molecular complexity index is 972. The van der Waals surface area contributed by atoms with Crippen LogP contribution in [0.1, 0.15) is 16.8 Å². The number of imidazole rings is 1. The maximum atomic E-state index is 5.79. The standard InChI is InChI=1S/C18H16N4OS/c1-12-6-7-15(13(2)9-12)17-20-21-18(23-17)24-11-14-10-22-8-4-3-5-16(22)19-14/h3-10H,11H2,1-2H3. The molecule has 0 saturated carbocycles. The molecule has 0 unspecified atom stereocenters. The first-order chi connectivity index (χ1) is 11.7. The molecule has 0 spiro atoms. The van der Waals surface area contributed by atoms with E-state index in [4.69, 9.17) is 4.42 Å². The highest BCUT2D eigenvalue weighted by molar-refractivity contribution is 7.98. The van der Waals surface area contributed by atoms with Gasteiger partial charge in [0.05, 0.1) is 5.69 Å². The molecule has 0 aliphatic rings.